The summed E-state index contributed by atoms with van der Waals surface area (Å²) in [5.74, 6) is -0.496. The first-order valence-corrected chi connectivity index (χ1v) is 6.85. The molecule has 0 fully saturated rings. The predicted molar refractivity (Wildman–Crippen MR) is 75.0 cm³/mol. The smallest absolute Gasteiger partial charge is 0.305 e. The molecule has 19 heavy (non-hydrogen) atoms. The summed E-state index contributed by atoms with van der Waals surface area (Å²) in [6.07, 6.45) is 3.10. The third-order valence-corrected chi connectivity index (χ3v) is 2.77. The van der Waals surface area contributed by atoms with Crippen LogP contribution in [0.3, 0.4) is 0 Å². The fourth-order valence-electron chi connectivity index (χ4n) is 1.69. The highest BCUT2D eigenvalue weighted by molar-refractivity contribution is 6.30. The number of rotatable bonds is 8. The first kappa shape index (κ1) is 15.8. The number of unbranched alkanes of at least 4 members (excludes halogenated alkanes) is 2. The van der Waals surface area contributed by atoms with Gasteiger partial charge in [0.2, 0.25) is 0 Å². The van der Waals surface area contributed by atoms with E-state index < -0.39 is 0 Å². The maximum atomic E-state index is 13.0. The van der Waals surface area contributed by atoms with E-state index in [0.717, 1.165) is 25.8 Å². The molecule has 0 aromatic heterocycles. The number of hydrogen-bond acceptors (Lipinski definition) is 3. The van der Waals surface area contributed by atoms with Gasteiger partial charge in [-0.3, -0.25) is 4.79 Å². The molecule has 5 heteroatoms. The first-order valence-electron chi connectivity index (χ1n) is 6.47. The maximum absolute atomic E-state index is 13.0. The summed E-state index contributed by atoms with van der Waals surface area (Å²) in [5, 5.41) is 3.48. The number of esters is 1. The van der Waals surface area contributed by atoms with Gasteiger partial charge in [-0.2, -0.15) is 0 Å². The van der Waals surface area contributed by atoms with E-state index in [1.807, 2.05) is 0 Å². The largest absolute Gasteiger partial charge is 0.466 e. The van der Waals surface area contributed by atoms with Crippen molar-refractivity contribution in [1.29, 1.82) is 0 Å². The topological polar surface area (TPSA) is 38.3 Å². The van der Waals surface area contributed by atoms with E-state index >= 15 is 0 Å². The average Bonchev–Trinajstić information content (AvgIpc) is 2.32. The molecule has 0 saturated carbocycles. The van der Waals surface area contributed by atoms with Crippen molar-refractivity contribution in [3.05, 3.63) is 29.0 Å². The predicted octanol–water partition coefficient (Wildman–Crippen LogP) is 4.01. The van der Waals surface area contributed by atoms with Crippen LogP contribution in [0.1, 0.15) is 32.6 Å². The average molecular weight is 288 g/mol. The van der Waals surface area contributed by atoms with Crippen molar-refractivity contribution >= 4 is 23.3 Å². The van der Waals surface area contributed by atoms with Gasteiger partial charge < -0.3 is 10.1 Å². The van der Waals surface area contributed by atoms with Crippen LogP contribution in [-0.4, -0.2) is 19.1 Å². The number of ether oxygens (including phenoxy) is 1. The number of halogens is 2. The molecule has 1 rings (SSSR count). The van der Waals surface area contributed by atoms with E-state index in [-0.39, 0.29) is 11.8 Å². The molecule has 0 amide bonds. The van der Waals surface area contributed by atoms with Crippen LogP contribution in [0.5, 0.6) is 0 Å². The van der Waals surface area contributed by atoms with Crippen molar-refractivity contribution in [1.82, 2.24) is 0 Å². The summed E-state index contributed by atoms with van der Waals surface area (Å²) in [6.45, 7) is 2.95. The number of carbonyl (C=O) groups excluding carboxylic acids is 1. The molecule has 1 aromatic carbocycles. The lowest BCUT2D eigenvalue weighted by Crippen LogP contribution is -2.05. The molecule has 0 saturated heterocycles. The van der Waals surface area contributed by atoms with Gasteiger partial charge in [-0.1, -0.05) is 18.0 Å². The van der Waals surface area contributed by atoms with Crippen LogP contribution in [-0.2, 0) is 9.53 Å². The summed E-state index contributed by atoms with van der Waals surface area (Å²) in [7, 11) is 0. The molecule has 0 aliphatic rings. The second-order valence-electron chi connectivity index (χ2n) is 4.20. The van der Waals surface area contributed by atoms with E-state index in [0.29, 0.717) is 23.7 Å². The van der Waals surface area contributed by atoms with Crippen molar-refractivity contribution < 1.29 is 13.9 Å². The normalized spacial score (nSPS) is 10.3. The van der Waals surface area contributed by atoms with Gasteiger partial charge in [-0.25, -0.2) is 4.39 Å². The summed E-state index contributed by atoms with van der Waals surface area (Å²) < 4.78 is 17.9. The number of benzene rings is 1. The molecular formula is C14H19ClFNO2. The van der Waals surface area contributed by atoms with Crippen LogP contribution >= 0.6 is 11.6 Å². The van der Waals surface area contributed by atoms with Gasteiger partial charge in [0.15, 0.2) is 0 Å². The highest BCUT2D eigenvalue weighted by Crippen LogP contribution is 2.18. The number of hydrogen-bond donors (Lipinski definition) is 1. The SMILES string of the molecule is CCOC(=O)CCCCCNc1cc(F)cc(Cl)c1. The van der Waals surface area contributed by atoms with Crippen LogP contribution in [0.15, 0.2) is 18.2 Å². The molecule has 0 unspecified atom stereocenters. The van der Waals surface area contributed by atoms with Crippen LogP contribution in [0, 0.1) is 5.82 Å². The Labute approximate surface area is 118 Å². The highest BCUT2D eigenvalue weighted by atomic mass is 35.5. The van der Waals surface area contributed by atoms with Crippen molar-refractivity contribution in [3.63, 3.8) is 0 Å². The minimum atomic E-state index is -0.350. The number of carbonyl (C=O) groups is 1. The van der Waals surface area contributed by atoms with Crippen molar-refractivity contribution in [2.45, 2.75) is 32.6 Å². The molecule has 0 heterocycles. The van der Waals surface area contributed by atoms with Gasteiger partial charge in [0.05, 0.1) is 6.61 Å². The van der Waals surface area contributed by atoms with Crippen molar-refractivity contribution in [2.24, 2.45) is 0 Å². The highest BCUT2D eigenvalue weighted by Gasteiger charge is 2.01. The summed E-state index contributed by atoms with van der Waals surface area (Å²) >= 11 is 5.75. The Morgan fingerprint density at radius 1 is 1.32 bits per heavy atom. The second-order valence-corrected chi connectivity index (χ2v) is 4.64. The lowest BCUT2D eigenvalue weighted by atomic mass is 10.2. The molecule has 0 radical (unpaired) electrons. The van der Waals surface area contributed by atoms with E-state index in [4.69, 9.17) is 16.3 Å². The summed E-state index contributed by atoms with van der Waals surface area (Å²) in [4.78, 5) is 11.1. The van der Waals surface area contributed by atoms with E-state index in [9.17, 15) is 9.18 Å². The van der Waals surface area contributed by atoms with E-state index in [2.05, 4.69) is 5.32 Å². The Morgan fingerprint density at radius 2 is 2.11 bits per heavy atom. The minimum Gasteiger partial charge on any atom is -0.466 e. The Balaban J connectivity index is 2.12. The minimum absolute atomic E-state index is 0.146. The molecular weight excluding hydrogens is 269 g/mol. The summed E-state index contributed by atoms with van der Waals surface area (Å²) in [6, 6.07) is 4.36. The zero-order valence-corrected chi connectivity index (χ0v) is 11.8. The summed E-state index contributed by atoms with van der Waals surface area (Å²) in [5.41, 5.74) is 0.676. The lowest BCUT2D eigenvalue weighted by molar-refractivity contribution is -0.143. The molecule has 0 aliphatic carbocycles. The third-order valence-electron chi connectivity index (χ3n) is 2.55. The van der Waals surface area contributed by atoms with Crippen LogP contribution in [0.25, 0.3) is 0 Å². The Bertz CT molecular complexity index is 392. The van der Waals surface area contributed by atoms with Crippen LogP contribution < -0.4 is 5.32 Å². The van der Waals surface area contributed by atoms with Gasteiger partial charge in [0, 0.05) is 23.7 Å². The zero-order valence-electron chi connectivity index (χ0n) is 11.0. The van der Waals surface area contributed by atoms with Gasteiger partial charge >= 0.3 is 5.97 Å². The Kier molecular flexibility index (Phi) is 7.26. The molecule has 0 aliphatic heterocycles. The Hall–Kier alpha value is -1.29. The number of anilines is 1. The molecule has 0 bridgehead atoms. The van der Waals surface area contributed by atoms with Gasteiger partial charge in [-0.05, 0) is 38.0 Å². The second kappa shape index (κ2) is 8.75. The fraction of sp³-hybridized carbons (Fsp3) is 0.500. The van der Waals surface area contributed by atoms with Gasteiger partial charge in [0.25, 0.3) is 0 Å². The van der Waals surface area contributed by atoms with Crippen LogP contribution in [0.4, 0.5) is 10.1 Å². The zero-order chi connectivity index (χ0) is 14.1. The molecule has 3 nitrogen and oxygen atoms in total. The van der Waals surface area contributed by atoms with E-state index in [1.165, 1.54) is 12.1 Å². The molecule has 1 aromatic rings. The molecule has 0 atom stereocenters. The van der Waals surface area contributed by atoms with Gasteiger partial charge in [-0.15, -0.1) is 0 Å². The molecule has 1 N–H and O–H groups in total. The molecule has 106 valence electrons. The van der Waals surface area contributed by atoms with Crippen molar-refractivity contribution in [2.75, 3.05) is 18.5 Å². The lowest BCUT2D eigenvalue weighted by Gasteiger charge is -2.07. The monoisotopic (exact) mass is 287 g/mol. The first-order chi connectivity index (χ1) is 9.11. The standard InChI is InChI=1S/C14H19ClFNO2/c1-2-19-14(18)6-4-3-5-7-17-13-9-11(15)8-12(16)10-13/h8-10,17H,2-7H2,1H3. The van der Waals surface area contributed by atoms with Crippen molar-refractivity contribution in [3.8, 4) is 0 Å². The van der Waals surface area contributed by atoms with E-state index in [1.54, 1.807) is 13.0 Å². The molecule has 0 spiro atoms. The van der Waals surface area contributed by atoms with Crippen LogP contribution in [0.2, 0.25) is 5.02 Å². The third kappa shape index (κ3) is 7.01. The quantitative estimate of drug-likeness (QED) is 0.580. The maximum Gasteiger partial charge on any atom is 0.305 e. The van der Waals surface area contributed by atoms with Gasteiger partial charge in [0.1, 0.15) is 5.82 Å². The Morgan fingerprint density at radius 3 is 2.79 bits per heavy atom. The fourth-order valence-corrected chi connectivity index (χ4v) is 1.91. The number of nitrogens with one attached hydrogen (secondary N) is 1.